The number of rotatable bonds is 1. The maximum absolute atomic E-state index is 6.26. The van der Waals surface area contributed by atoms with Crippen LogP contribution in [0, 0.1) is 0 Å². The number of hydrogen-bond donors (Lipinski definition) is 1. The molecule has 3 rings (SSSR count). The zero-order valence-electron chi connectivity index (χ0n) is 10.1. The summed E-state index contributed by atoms with van der Waals surface area (Å²) in [6, 6.07) is 14.1. The van der Waals surface area contributed by atoms with Crippen molar-refractivity contribution >= 4 is 31.9 Å². The van der Waals surface area contributed by atoms with E-state index >= 15 is 0 Å². The van der Waals surface area contributed by atoms with E-state index < -0.39 is 0 Å². The standard InChI is InChI=1S/C15H13Br2NO/c16-9-5-6-11-13(18)8-15(19-14(11)7-9)10-3-1-2-4-12(10)17/h1-7,13,15H,8,18H2/t13-,15?/m0/s1. The highest BCUT2D eigenvalue weighted by atomic mass is 79.9. The molecule has 0 amide bonds. The van der Waals surface area contributed by atoms with E-state index in [4.69, 9.17) is 10.5 Å². The van der Waals surface area contributed by atoms with Crippen molar-refractivity contribution in [2.75, 3.05) is 0 Å². The van der Waals surface area contributed by atoms with Gasteiger partial charge in [-0.2, -0.15) is 0 Å². The molecule has 0 saturated heterocycles. The van der Waals surface area contributed by atoms with Gasteiger partial charge in [-0.05, 0) is 18.2 Å². The van der Waals surface area contributed by atoms with Crippen LogP contribution in [-0.2, 0) is 0 Å². The van der Waals surface area contributed by atoms with E-state index in [1.54, 1.807) is 0 Å². The highest BCUT2D eigenvalue weighted by Gasteiger charge is 2.28. The summed E-state index contributed by atoms with van der Waals surface area (Å²) in [4.78, 5) is 0. The summed E-state index contributed by atoms with van der Waals surface area (Å²) in [7, 11) is 0. The van der Waals surface area contributed by atoms with E-state index in [0.717, 1.165) is 32.2 Å². The van der Waals surface area contributed by atoms with E-state index in [9.17, 15) is 0 Å². The van der Waals surface area contributed by atoms with Crippen molar-refractivity contribution < 1.29 is 4.74 Å². The fraction of sp³-hybridized carbons (Fsp3) is 0.200. The van der Waals surface area contributed by atoms with Gasteiger partial charge >= 0.3 is 0 Å². The summed E-state index contributed by atoms with van der Waals surface area (Å²) < 4.78 is 8.18. The Morgan fingerprint density at radius 2 is 1.84 bits per heavy atom. The van der Waals surface area contributed by atoms with Gasteiger partial charge in [0.15, 0.2) is 0 Å². The predicted octanol–water partition coefficient (Wildman–Crippen LogP) is 4.74. The van der Waals surface area contributed by atoms with E-state index in [-0.39, 0.29) is 12.1 Å². The fourth-order valence-corrected chi connectivity index (χ4v) is 3.28. The maximum Gasteiger partial charge on any atom is 0.127 e. The summed E-state index contributed by atoms with van der Waals surface area (Å²) in [6.45, 7) is 0. The maximum atomic E-state index is 6.26. The number of halogens is 2. The normalized spacial score (nSPS) is 21.6. The Bertz CT molecular complexity index is 615. The largest absolute Gasteiger partial charge is 0.485 e. The van der Waals surface area contributed by atoms with E-state index in [1.807, 2.05) is 36.4 Å². The molecule has 0 aromatic heterocycles. The van der Waals surface area contributed by atoms with Crippen LogP contribution in [0.3, 0.4) is 0 Å². The third kappa shape index (κ3) is 2.57. The number of ether oxygens (including phenoxy) is 1. The molecular weight excluding hydrogens is 370 g/mol. The fourth-order valence-electron chi connectivity index (χ4n) is 2.40. The second-order valence-electron chi connectivity index (χ2n) is 4.65. The zero-order chi connectivity index (χ0) is 13.4. The van der Waals surface area contributed by atoms with Crippen molar-refractivity contribution in [2.24, 2.45) is 5.73 Å². The van der Waals surface area contributed by atoms with Crippen molar-refractivity contribution in [3.05, 3.63) is 62.5 Å². The Hall–Kier alpha value is -0.840. The molecule has 1 aliphatic rings. The van der Waals surface area contributed by atoms with Crippen LogP contribution in [-0.4, -0.2) is 0 Å². The van der Waals surface area contributed by atoms with E-state index in [0.29, 0.717) is 0 Å². The van der Waals surface area contributed by atoms with Crippen molar-refractivity contribution in [3.63, 3.8) is 0 Å². The van der Waals surface area contributed by atoms with Crippen LogP contribution in [0.1, 0.15) is 29.7 Å². The van der Waals surface area contributed by atoms with Crippen molar-refractivity contribution in [1.82, 2.24) is 0 Å². The molecule has 2 aromatic rings. The number of benzene rings is 2. The Labute approximate surface area is 129 Å². The lowest BCUT2D eigenvalue weighted by molar-refractivity contribution is 0.161. The van der Waals surface area contributed by atoms with Gasteiger partial charge in [0.05, 0.1) is 0 Å². The SMILES string of the molecule is N[C@H]1CC(c2ccccc2Br)Oc2cc(Br)ccc21. The van der Waals surface area contributed by atoms with Gasteiger partial charge in [-0.25, -0.2) is 0 Å². The predicted molar refractivity (Wildman–Crippen MR) is 83.2 cm³/mol. The molecule has 0 spiro atoms. The molecule has 0 saturated carbocycles. The average molecular weight is 383 g/mol. The van der Waals surface area contributed by atoms with Crippen LogP contribution in [0.25, 0.3) is 0 Å². The third-order valence-electron chi connectivity index (χ3n) is 3.36. The highest BCUT2D eigenvalue weighted by molar-refractivity contribution is 9.10. The topological polar surface area (TPSA) is 35.2 Å². The van der Waals surface area contributed by atoms with Crippen LogP contribution < -0.4 is 10.5 Å². The monoisotopic (exact) mass is 381 g/mol. The van der Waals surface area contributed by atoms with Crippen LogP contribution in [0.4, 0.5) is 0 Å². The molecule has 0 radical (unpaired) electrons. The minimum Gasteiger partial charge on any atom is -0.485 e. The molecule has 2 atom stereocenters. The van der Waals surface area contributed by atoms with Gasteiger partial charge in [0, 0.05) is 32.5 Å². The van der Waals surface area contributed by atoms with E-state index in [2.05, 4.69) is 37.9 Å². The van der Waals surface area contributed by atoms with Crippen LogP contribution >= 0.6 is 31.9 Å². The first-order valence-corrected chi connectivity index (χ1v) is 7.70. The van der Waals surface area contributed by atoms with Crippen molar-refractivity contribution in [3.8, 4) is 5.75 Å². The molecule has 4 heteroatoms. The average Bonchev–Trinajstić information content (AvgIpc) is 2.38. The third-order valence-corrected chi connectivity index (χ3v) is 4.58. The van der Waals surface area contributed by atoms with Gasteiger partial charge in [0.25, 0.3) is 0 Å². The Balaban J connectivity index is 1.99. The van der Waals surface area contributed by atoms with Gasteiger partial charge in [-0.3, -0.25) is 0 Å². The molecular formula is C15H13Br2NO. The molecule has 0 bridgehead atoms. The second kappa shape index (κ2) is 5.27. The number of fused-ring (bicyclic) bond motifs is 1. The summed E-state index contributed by atoms with van der Waals surface area (Å²) in [6.07, 6.45) is 0.782. The van der Waals surface area contributed by atoms with E-state index in [1.165, 1.54) is 0 Å². The molecule has 0 fully saturated rings. The van der Waals surface area contributed by atoms with Gasteiger partial charge in [-0.15, -0.1) is 0 Å². The first kappa shape index (κ1) is 13.2. The van der Waals surface area contributed by atoms with Gasteiger partial charge in [-0.1, -0.05) is 56.1 Å². The summed E-state index contributed by atoms with van der Waals surface area (Å²) in [5, 5.41) is 0. The zero-order valence-corrected chi connectivity index (χ0v) is 13.3. The molecule has 2 nitrogen and oxygen atoms in total. The summed E-state index contributed by atoms with van der Waals surface area (Å²) in [5.74, 6) is 0.869. The molecule has 2 N–H and O–H groups in total. The van der Waals surface area contributed by atoms with Crippen LogP contribution in [0.15, 0.2) is 51.4 Å². The quantitative estimate of drug-likeness (QED) is 0.773. The molecule has 1 heterocycles. The van der Waals surface area contributed by atoms with Crippen LogP contribution in [0.5, 0.6) is 5.75 Å². The first-order chi connectivity index (χ1) is 9.15. The van der Waals surface area contributed by atoms with Gasteiger partial charge in [0.1, 0.15) is 11.9 Å². The van der Waals surface area contributed by atoms with Gasteiger partial charge < -0.3 is 10.5 Å². The lowest BCUT2D eigenvalue weighted by Gasteiger charge is -2.31. The lowest BCUT2D eigenvalue weighted by Crippen LogP contribution is -2.24. The molecule has 0 aliphatic carbocycles. The molecule has 2 aromatic carbocycles. The molecule has 1 aliphatic heterocycles. The number of nitrogens with two attached hydrogens (primary N) is 1. The lowest BCUT2D eigenvalue weighted by atomic mass is 9.94. The molecule has 98 valence electrons. The Morgan fingerprint density at radius 1 is 1.05 bits per heavy atom. The minimum absolute atomic E-state index is 0.00706. The minimum atomic E-state index is -0.00706. The summed E-state index contributed by atoms with van der Waals surface area (Å²) in [5.41, 5.74) is 8.48. The van der Waals surface area contributed by atoms with Crippen molar-refractivity contribution in [1.29, 1.82) is 0 Å². The summed E-state index contributed by atoms with van der Waals surface area (Å²) >= 11 is 7.05. The molecule has 19 heavy (non-hydrogen) atoms. The van der Waals surface area contributed by atoms with Crippen molar-refractivity contribution in [2.45, 2.75) is 18.6 Å². The van der Waals surface area contributed by atoms with Gasteiger partial charge in [0.2, 0.25) is 0 Å². The smallest absolute Gasteiger partial charge is 0.127 e. The molecule has 1 unspecified atom stereocenters. The van der Waals surface area contributed by atoms with Crippen LogP contribution in [0.2, 0.25) is 0 Å². The Morgan fingerprint density at radius 3 is 2.63 bits per heavy atom. The first-order valence-electron chi connectivity index (χ1n) is 6.11. The number of hydrogen-bond acceptors (Lipinski definition) is 2. The Kier molecular flexibility index (Phi) is 3.65. The highest BCUT2D eigenvalue weighted by Crippen LogP contribution is 2.42. The second-order valence-corrected chi connectivity index (χ2v) is 6.42.